The van der Waals surface area contributed by atoms with Gasteiger partial charge in [0.1, 0.15) is 12.4 Å². The number of aromatic nitrogens is 2. The van der Waals surface area contributed by atoms with Crippen molar-refractivity contribution in [2.24, 2.45) is 5.10 Å². The molecule has 8 heteroatoms. The van der Waals surface area contributed by atoms with Crippen LogP contribution in [0.25, 0.3) is 10.9 Å². The minimum absolute atomic E-state index is 0.133. The fourth-order valence-corrected chi connectivity index (χ4v) is 3.76. The summed E-state index contributed by atoms with van der Waals surface area (Å²) in [4.78, 5) is 17.8. The Morgan fingerprint density at radius 3 is 2.68 bits per heavy atom. The lowest BCUT2D eigenvalue weighted by Crippen LogP contribution is -2.22. The Morgan fingerprint density at radius 1 is 1.19 bits per heavy atom. The Labute approximate surface area is 197 Å². The number of fused-ring (bicyclic) bond motifs is 1. The van der Waals surface area contributed by atoms with E-state index in [1.807, 2.05) is 26.0 Å². The number of halogens is 2. The van der Waals surface area contributed by atoms with Crippen molar-refractivity contribution in [1.82, 2.24) is 9.66 Å². The number of terminal acetylenes is 1. The predicted octanol–water partition coefficient (Wildman–Crippen LogP) is 5.17. The van der Waals surface area contributed by atoms with E-state index in [0.29, 0.717) is 41.3 Å². The van der Waals surface area contributed by atoms with Crippen molar-refractivity contribution < 1.29 is 9.47 Å². The van der Waals surface area contributed by atoms with Gasteiger partial charge in [0.2, 0.25) is 0 Å². The van der Waals surface area contributed by atoms with E-state index in [1.165, 1.54) is 4.68 Å². The van der Waals surface area contributed by atoms with Gasteiger partial charge in [-0.3, -0.25) is 4.79 Å². The highest BCUT2D eigenvalue weighted by Gasteiger charge is 2.12. The number of benzene rings is 2. The molecule has 160 valence electrons. The van der Waals surface area contributed by atoms with Crippen LogP contribution in [0.3, 0.4) is 0 Å². The topological polar surface area (TPSA) is 65.7 Å². The van der Waals surface area contributed by atoms with Crippen molar-refractivity contribution in [2.75, 3.05) is 13.2 Å². The SMILES string of the molecule is C#CCOc1cc(Br)c(C=Nn2c(CCC)nc3ccc(Br)cc3c2=O)cc1OCC. The van der Waals surface area contributed by atoms with Crippen LogP contribution in [-0.2, 0) is 6.42 Å². The smallest absolute Gasteiger partial charge is 0.282 e. The van der Waals surface area contributed by atoms with Crippen molar-refractivity contribution in [3.05, 3.63) is 61.0 Å². The van der Waals surface area contributed by atoms with Gasteiger partial charge < -0.3 is 9.47 Å². The summed E-state index contributed by atoms with van der Waals surface area (Å²) in [6, 6.07) is 9.02. The number of nitrogens with zero attached hydrogens (tertiary/aromatic N) is 3. The van der Waals surface area contributed by atoms with Crippen LogP contribution in [0.15, 0.2) is 49.2 Å². The Hall–Kier alpha value is -2.63. The third-order valence-electron chi connectivity index (χ3n) is 4.34. The van der Waals surface area contributed by atoms with Gasteiger partial charge >= 0.3 is 0 Å². The first kappa shape index (κ1) is 23.0. The Bertz CT molecular complexity index is 1230. The standard InChI is InChI=1S/C23H21Br2N3O3/c1-4-7-22-27-19-9-8-16(24)12-17(19)23(29)28(22)26-14-15-11-20(30-6-3)21(13-18(15)25)31-10-5-2/h2,8-9,11-14H,4,6-7,10H2,1,3H3. The van der Waals surface area contributed by atoms with E-state index in [4.69, 9.17) is 15.9 Å². The van der Waals surface area contributed by atoms with Gasteiger partial charge in [-0.25, -0.2) is 4.98 Å². The van der Waals surface area contributed by atoms with Gasteiger partial charge in [-0.2, -0.15) is 9.78 Å². The quantitative estimate of drug-likeness (QED) is 0.289. The zero-order valence-corrected chi connectivity index (χ0v) is 20.4. The number of aryl methyl sites for hydroxylation is 1. The van der Waals surface area contributed by atoms with E-state index >= 15 is 0 Å². The molecule has 0 aliphatic rings. The maximum absolute atomic E-state index is 13.1. The Kier molecular flexibility index (Phi) is 7.88. The molecule has 1 heterocycles. The molecule has 0 fully saturated rings. The van der Waals surface area contributed by atoms with Gasteiger partial charge in [0.05, 0.1) is 23.7 Å². The van der Waals surface area contributed by atoms with E-state index in [2.05, 4.69) is 47.9 Å². The first-order valence-electron chi connectivity index (χ1n) is 9.76. The summed E-state index contributed by atoms with van der Waals surface area (Å²) in [6.07, 6.45) is 8.36. The third-order valence-corrected chi connectivity index (χ3v) is 5.52. The molecule has 0 spiro atoms. The zero-order valence-electron chi connectivity index (χ0n) is 17.2. The van der Waals surface area contributed by atoms with E-state index in [9.17, 15) is 4.79 Å². The number of hydrogen-bond acceptors (Lipinski definition) is 5. The van der Waals surface area contributed by atoms with Crippen LogP contribution < -0.4 is 15.0 Å². The minimum atomic E-state index is -0.221. The highest BCUT2D eigenvalue weighted by Crippen LogP contribution is 2.33. The first-order chi connectivity index (χ1) is 15.0. The average Bonchev–Trinajstić information content (AvgIpc) is 2.75. The summed E-state index contributed by atoms with van der Waals surface area (Å²) >= 11 is 6.94. The van der Waals surface area contributed by atoms with E-state index in [0.717, 1.165) is 20.9 Å². The summed E-state index contributed by atoms with van der Waals surface area (Å²) in [5.74, 6) is 4.12. The second-order valence-electron chi connectivity index (χ2n) is 6.55. The maximum Gasteiger partial charge on any atom is 0.282 e. The predicted molar refractivity (Wildman–Crippen MR) is 130 cm³/mol. The van der Waals surface area contributed by atoms with Crippen molar-refractivity contribution in [3.63, 3.8) is 0 Å². The van der Waals surface area contributed by atoms with Gasteiger partial charge in [0.15, 0.2) is 11.5 Å². The lowest BCUT2D eigenvalue weighted by molar-refractivity contribution is 0.299. The van der Waals surface area contributed by atoms with Crippen molar-refractivity contribution >= 4 is 49.0 Å². The van der Waals surface area contributed by atoms with Gasteiger partial charge in [-0.15, -0.1) is 6.42 Å². The number of ether oxygens (including phenoxy) is 2. The summed E-state index contributed by atoms with van der Waals surface area (Å²) in [6.45, 7) is 4.52. The molecular weight excluding hydrogens is 526 g/mol. The Morgan fingerprint density at radius 2 is 1.97 bits per heavy atom. The zero-order chi connectivity index (χ0) is 22.4. The van der Waals surface area contributed by atoms with E-state index in [1.54, 1.807) is 24.4 Å². The second-order valence-corrected chi connectivity index (χ2v) is 8.32. The molecule has 0 unspecified atom stereocenters. The molecule has 1 aromatic heterocycles. The Balaban J connectivity index is 2.09. The largest absolute Gasteiger partial charge is 0.490 e. The van der Waals surface area contributed by atoms with Crippen molar-refractivity contribution in [1.29, 1.82) is 0 Å². The van der Waals surface area contributed by atoms with Crippen LogP contribution in [-0.4, -0.2) is 29.1 Å². The van der Waals surface area contributed by atoms with E-state index < -0.39 is 0 Å². The highest BCUT2D eigenvalue weighted by atomic mass is 79.9. The lowest BCUT2D eigenvalue weighted by atomic mass is 10.2. The molecular formula is C23H21Br2N3O3. The molecule has 3 aromatic rings. The van der Waals surface area contributed by atoms with Crippen LogP contribution in [0.4, 0.5) is 0 Å². The summed E-state index contributed by atoms with van der Waals surface area (Å²) in [7, 11) is 0. The van der Waals surface area contributed by atoms with Gasteiger partial charge in [-0.05, 0) is 59.6 Å². The van der Waals surface area contributed by atoms with Crippen LogP contribution in [0, 0.1) is 12.3 Å². The van der Waals surface area contributed by atoms with Crippen LogP contribution in [0.1, 0.15) is 31.7 Å². The molecule has 0 atom stereocenters. The molecule has 31 heavy (non-hydrogen) atoms. The first-order valence-corrected chi connectivity index (χ1v) is 11.3. The fourth-order valence-electron chi connectivity index (χ4n) is 2.97. The normalized spacial score (nSPS) is 11.1. The minimum Gasteiger partial charge on any atom is -0.490 e. The molecule has 6 nitrogen and oxygen atoms in total. The molecule has 0 amide bonds. The van der Waals surface area contributed by atoms with Crippen LogP contribution in [0.5, 0.6) is 11.5 Å². The molecule has 0 aliphatic carbocycles. The molecule has 0 radical (unpaired) electrons. The molecule has 0 saturated heterocycles. The average molecular weight is 547 g/mol. The van der Waals surface area contributed by atoms with Crippen molar-refractivity contribution in [2.45, 2.75) is 26.7 Å². The molecule has 3 rings (SSSR count). The molecule has 2 aromatic carbocycles. The number of rotatable bonds is 8. The van der Waals surface area contributed by atoms with Crippen LogP contribution >= 0.6 is 31.9 Å². The monoisotopic (exact) mass is 545 g/mol. The number of hydrogen-bond donors (Lipinski definition) is 0. The molecule has 0 saturated carbocycles. The highest BCUT2D eigenvalue weighted by molar-refractivity contribution is 9.10. The molecule has 0 aliphatic heterocycles. The summed E-state index contributed by atoms with van der Waals surface area (Å²) in [5.41, 5.74) is 1.15. The maximum atomic E-state index is 13.1. The van der Waals surface area contributed by atoms with Gasteiger partial charge in [-0.1, -0.05) is 28.8 Å². The van der Waals surface area contributed by atoms with Crippen LogP contribution in [0.2, 0.25) is 0 Å². The fraction of sp³-hybridized carbons (Fsp3) is 0.261. The molecule has 0 bridgehead atoms. The summed E-state index contributed by atoms with van der Waals surface area (Å²) < 4.78 is 14.1. The van der Waals surface area contributed by atoms with Gasteiger partial charge in [0, 0.05) is 20.9 Å². The van der Waals surface area contributed by atoms with E-state index in [-0.39, 0.29) is 12.2 Å². The summed E-state index contributed by atoms with van der Waals surface area (Å²) in [5, 5.41) is 4.97. The van der Waals surface area contributed by atoms with Gasteiger partial charge in [0.25, 0.3) is 5.56 Å². The molecule has 0 N–H and O–H groups in total. The van der Waals surface area contributed by atoms with Crippen molar-refractivity contribution in [3.8, 4) is 23.8 Å². The lowest BCUT2D eigenvalue weighted by Gasteiger charge is -2.13. The second kappa shape index (κ2) is 10.6. The third kappa shape index (κ3) is 5.35.